The van der Waals surface area contributed by atoms with Crippen molar-refractivity contribution in [1.29, 1.82) is 0 Å². The lowest BCUT2D eigenvalue weighted by molar-refractivity contribution is 0.603. The van der Waals surface area contributed by atoms with E-state index in [2.05, 4.69) is 232 Å². The standard InChI is InChI=1S/C64H45NO/c1-5-43-53-38-59-52(39-62(53)66-61(43)6-2)49-27-14-18-30-56(49)64(59)55-29-17-13-25-47(55)45-23-10-11-24-46(45)50-34-32-42(37-58(50)64)65(60-31-19-15-22-44(60)40-20-8-7-9-21-40)41-33-35-51-48-26-12-16-28-54(48)63(3,4)57(51)36-41/h5-39H,1-2H2,3-4H3. The van der Waals surface area contributed by atoms with E-state index in [-0.39, 0.29) is 5.41 Å². The molecule has 0 aliphatic heterocycles. The highest BCUT2D eigenvalue weighted by atomic mass is 16.3. The van der Waals surface area contributed by atoms with E-state index in [0.29, 0.717) is 0 Å². The second-order valence-electron chi connectivity index (χ2n) is 18.4. The zero-order valence-electron chi connectivity index (χ0n) is 37.0. The Kier molecular flexibility index (Phi) is 8.21. The minimum atomic E-state index is -0.725. The zero-order valence-corrected chi connectivity index (χ0v) is 37.0. The summed E-state index contributed by atoms with van der Waals surface area (Å²) in [7, 11) is 0. The Morgan fingerprint density at radius 2 is 0.894 bits per heavy atom. The number of benzene rings is 9. The molecule has 9 aromatic carbocycles. The Morgan fingerprint density at radius 3 is 1.53 bits per heavy atom. The molecule has 13 rings (SSSR count). The quantitative estimate of drug-likeness (QED) is 0.166. The zero-order chi connectivity index (χ0) is 44.3. The average molecular weight is 844 g/mol. The number of hydrogen-bond donors (Lipinski definition) is 0. The van der Waals surface area contributed by atoms with Crippen molar-refractivity contribution in [2.24, 2.45) is 0 Å². The largest absolute Gasteiger partial charge is 0.456 e. The summed E-state index contributed by atoms with van der Waals surface area (Å²) < 4.78 is 6.54. The van der Waals surface area contributed by atoms with Gasteiger partial charge in [0.05, 0.1) is 11.1 Å². The molecule has 0 amide bonds. The first-order valence-corrected chi connectivity index (χ1v) is 22.9. The molecular formula is C64H45NO. The molecule has 0 saturated heterocycles. The van der Waals surface area contributed by atoms with Gasteiger partial charge in [0.15, 0.2) is 0 Å². The molecule has 0 bridgehead atoms. The molecule has 3 aliphatic carbocycles. The fourth-order valence-corrected chi connectivity index (χ4v) is 12.0. The third-order valence-electron chi connectivity index (χ3n) is 14.9. The Morgan fingerprint density at radius 1 is 0.409 bits per heavy atom. The van der Waals surface area contributed by atoms with Crippen LogP contribution in [-0.2, 0) is 10.8 Å². The second-order valence-corrected chi connectivity index (χ2v) is 18.4. The van der Waals surface area contributed by atoms with E-state index in [1.807, 2.05) is 6.08 Å². The van der Waals surface area contributed by atoms with E-state index < -0.39 is 5.41 Å². The van der Waals surface area contributed by atoms with Crippen molar-refractivity contribution in [3.8, 4) is 55.6 Å². The first-order valence-electron chi connectivity index (χ1n) is 22.9. The number of fused-ring (bicyclic) bond motifs is 16. The maximum atomic E-state index is 6.54. The molecule has 0 radical (unpaired) electrons. The van der Waals surface area contributed by atoms with Crippen LogP contribution in [0.3, 0.4) is 0 Å². The number of para-hydroxylation sites is 1. The Balaban J connectivity index is 1.16. The van der Waals surface area contributed by atoms with Crippen LogP contribution >= 0.6 is 0 Å². The maximum absolute atomic E-state index is 6.54. The number of hydrogen-bond acceptors (Lipinski definition) is 2. The number of anilines is 3. The molecule has 3 aliphatic rings. The van der Waals surface area contributed by atoms with Crippen molar-refractivity contribution in [3.63, 3.8) is 0 Å². The highest BCUT2D eigenvalue weighted by Crippen LogP contribution is 2.63. The van der Waals surface area contributed by atoms with Crippen LogP contribution in [0.15, 0.2) is 218 Å². The van der Waals surface area contributed by atoms with Crippen molar-refractivity contribution in [3.05, 3.63) is 258 Å². The summed E-state index contributed by atoms with van der Waals surface area (Å²) in [6.07, 6.45) is 3.71. The van der Waals surface area contributed by atoms with Gasteiger partial charge in [-0.15, -0.1) is 0 Å². The van der Waals surface area contributed by atoms with Gasteiger partial charge in [0, 0.05) is 33.3 Å². The molecule has 0 fully saturated rings. The molecule has 1 atom stereocenters. The molecule has 2 heteroatoms. The van der Waals surface area contributed by atoms with Crippen LogP contribution < -0.4 is 4.90 Å². The third kappa shape index (κ3) is 5.13. The highest BCUT2D eigenvalue weighted by molar-refractivity contribution is 6.03. The number of rotatable bonds is 6. The van der Waals surface area contributed by atoms with E-state index >= 15 is 0 Å². The van der Waals surface area contributed by atoms with Crippen LogP contribution in [0.25, 0.3) is 78.8 Å². The third-order valence-corrected chi connectivity index (χ3v) is 14.9. The van der Waals surface area contributed by atoms with Gasteiger partial charge in [-0.25, -0.2) is 0 Å². The lowest BCUT2D eigenvalue weighted by atomic mass is 9.65. The molecule has 1 aromatic heterocycles. The van der Waals surface area contributed by atoms with Crippen molar-refractivity contribution in [2.45, 2.75) is 24.7 Å². The molecule has 1 unspecified atom stereocenters. The highest BCUT2D eigenvalue weighted by Gasteiger charge is 2.50. The summed E-state index contributed by atoms with van der Waals surface area (Å²) in [6, 6.07) is 74.7. The first-order chi connectivity index (χ1) is 32.4. The summed E-state index contributed by atoms with van der Waals surface area (Å²) in [5.41, 5.74) is 24.0. The van der Waals surface area contributed by atoms with Crippen LogP contribution in [0.2, 0.25) is 0 Å². The van der Waals surface area contributed by atoms with Gasteiger partial charge >= 0.3 is 0 Å². The topological polar surface area (TPSA) is 16.4 Å². The van der Waals surface area contributed by atoms with Gasteiger partial charge in [0.25, 0.3) is 0 Å². The number of furan rings is 1. The number of nitrogens with zero attached hydrogens (tertiary/aromatic N) is 1. The fourth-order valence-electron chi connectivity index (χ4n) is 12.0. The van der Waals surface area contributed by atoms with Crippen LogP contribution in [0.5, 0.6) is 0 Å². The van der Waals surface area contributed by atoms with Crippen molar-refractivity contribution < 1.29 is 4.42 Å². The summed E-state index contributed by atoms with van der Waals surface area (Å²) in [6.45, 7) is 13.1. The van der Waals surface area contributed by atoms with Gasteiger partial charge < -0.3 is 9.32 Å². The molecule has 0 N–H and O–H groups in total. The van der Waals surface area contributed by atoms with Gasteiger partial charge in [-0.3, -0.25) is 0 Å². The SMILES string of the molecule is C=Cc1oc2cc3c(cc2c1C=C)C1(c2ccccc2-c2ccccc2-c2ccc(N(c4ccc5c(c4)C(C)(C)c4ccccc4-5)c4ccccc4-c4ccccc4)cc21)c1ccccc1-3. The van der Waals surface area contributed by atoms with Crippen LogP contribution in [0.1, 0.15) is 58.6 Å². The summed E-state index contributed by atoms with van der Waals surface area (Å²) >= 11 is 0. The Labute approximate surface area is 386 Å². The van der Waals surface area contributed by atoms with E-state index in [0.717, 1.165) is 44.9 Å². The van der Waals surface area contributed by atoms with E-state index in [4.69, 9.17) is 4.42 Å². The molecule has 10 aromatic rings. The van der Waals surface area contributed by atoms with Crippen LogP contribution in [-0.4, -0.2) is 0 Å². The van der Waals surface area contributed by atoms with E-state index in [1.165, 1.54) is 83.5 Å². The summed E-state index contributed by atoms with van der Waals surface area (Å²) in [5.74, 6) is 0.732. The normalized spacial score (nSPS) is 15.4. The minimum absolute atomic E-state index is 0.177. The maximum Gasteiger partial charge on any atom is 0.136 e. The molecule has 2 nitrogen and oxygen atoms in total. The minimum Gasteiger partial charge on any atom is -0.456 e. The summed E-state index contributed by atoms with van der Waals surface area (Å²) in [4.78, 5) is 2.51. The lowest BCUT2D eigenvalue weighted by Gasteiger charge is -2.37. The Hall–Kier alpha value is -8.20. The van der Waals surface area contributed by atoms with Gasteiger partial charge in [-0.05, 0) is 132 Å². The van der Waals surface area contributed by atoms with Crippen molar-refractivity contribution in [2.75, 3.05) is 4.90 Å². The fraction of sp³-hybridized carbons (Fsp3) is 0.0625. The molecule has 0 saturated carbocycles. The molecule has 66 heavy (non-hydrogen) atoms. The van der Waals surface area contributed by atoms with E-state index in [1.54, 1.807) is 6.08 Å². The predicted molar refractivity (Wildman–Crippen MR) is 276 cm³/mol. The molecular weight excluding hydrogens is 799 g/mol. The smallest absolute Gasteiger partial charge is 0.136 e. The van der Waals surface area contributed by atoms with Crippen LogP contribution in [0.4, 0.5) is 17.1 Å². The van der Waals surface area contributed by atoms with Gasteiger partial charge in [-0.2, -0.15) is 0 Å². The van der Waals surface area contributed by atoms with Gasteiger partial charge in [-0.1, -0.05) is 191 Å². The van der Waals surface area contributed by atoms with Gasteiger partial charge in [0.2, 0.25) is 0 Å². The molecule has 1 heterocycles. The average Bonchev–Trinajstić information content (AvgIpc) is 3.93. The van der Waals surface area contributed by atoms with Crippen molar-refractivity contribution >= 4 is 40.2 Å². The summed E-state index contributed by atoms with van der Waals surface area (Å²) in [5, 5.41) is 1.03. The lowest BCUT2D eigenvalue weighted by Crippen LogP contribution is -2.29. The predicted octanol–water partition coefficient (Wildman–Crippen LogP) is 17.2. The second kappa shape index (κ2) is 14.1. The first kappa shape index (κ1) is 38.3. The van der Waals surface area contributed by atoms with E-state index in [9.17, 15) is 0 Å². The van der Waals surface area contributed by atoms with Gasteiger partial charge in [0.1, 0.15) is 11.3 Å². The monoisotopic (exact) mass is 843 g/mol. The van der Waals surface area contributed by atoms with Crippen molar-refractivity contribution in [1.82, 2.24) is 0 Å². The Bertz CT molecular complexity index is 3680. The van der Waals surface area contributed by atoms with Crippen LogP contribution in [0, 0.1) is 0 Å². The molecule has 312 valence electrons. The molecule has 1 spiro atoms.